The Hall–Kier alpha value is -3.85. The Morgan fingerprint density at radius 1 is 1.11 bits per heavy atom. The van der Waals surface area contributed by atoms with Gasteiger partial charge in [0.2, 0.25) is 0 Å². The predicted molar refractivity (Wildman–Crippen MR) is 168 cm³/mol. The Morgan fingerprint density at radius 2 is 1.91 bits per heavy atom. The fraction of sp³-hybridized carbons (Fsp3) is 0.375. The first-order valence-corrected chi connectivity index (χ1v) is 15.9. The third kappa shape index (κ3) is 5.25. The van der Waals surface area contributed by atoms with Crippen LogP contribution in [0.2, 0.25) is 5.02 Å². The van der Waals surface area contributed by atoms with Crippen molar-refractivity contribution < 1.29 is 8.78 Å². The summed E-state index contributed by atoms with van der Waals surface area (Å²) in [5.41, 5.74) is 2.15. The number of halogens is 3. The van der Waals surface area contributed by atoms with E-state index in [4.69, 9.17) is 11.6 Å². The normalized spacial score (nSPS) is 16.6. The van der Waals surface area contributed by atoms with E-state index in [1.807, 2.05) is 36.5 Å². The first-order valence-electron chi connectivity index (χ1n) is 14.7. The van der Waals surface area contributed by atoms with E-state index >= 15 is 0 Å². The molecule has 7 rings (SSSR count). The van der Waals surface area contributed by atoms with E-state index < -0.39 is 29.6 Å². The van der Waals surface area contributed by atoms with Crippen LogP contribution in [0.25, 0.3) is 32.2 Å². The zero-order valence-electron chi connectivity index (χ0n) is 23.7. The Balaban J connectivity index is 1.31. The summed E-state index contributed by atoms with van der Waals surface area (Å²) in [5.74, 6) is -0.0221. The van der Waals surface area contributed by atoms with Gasteiger partial charge in [-0.15, -0.1) is 11.3 Å². The third-order valence-electron chi connectivity index (χ3n) is 8.79. The Kier molecular flexibility index (Phi) is 7.39. The van der Waals surface area contributed by atoms with Crippen molar-refractivity contribution in [1.82, 2.24) is 24.0 Å². The molecule has 0 radical (unpaired) electrons. The molecular weight excluding hydrogens is 606 g/mol. The molecule has 0 bridgehead atoms. The largest absolute Gasteiger partial charge is 0.345 e. The smallest absolute Gasteiger partial charge is 0.331 e. The van der Waals surface area contributed by atoms with E-state index in [0.29, 0.717) is 27.7 Å². The molecule has 1 aromatic carbocycles. The highest BCUT2D eigenvalue weighted by Crippen LogP contribution is 2.41. The van der Waals surface area contributed by atoms with Gasteiger partial charge in [0.15, 0.2) is 0 Å². The van der Waals surface area contributed by atoms with Gasteiger partial charge in [-0.05, 0) is 75.0 Å². The lowest BCUT2D eigenvalue weighted by atomic mass is 9.80. The zero-order valence-corrected chi connectivity index (χ0v) is 25.3. The van der Waals surface area contributed by atoms with Gasteiger partial charge in [-0.2, -0.15) is 5.26 Å². The van der Waals surface area contributed by atoms with Crippen molar-refractivity contribution in [2.45, 2.75) is 57.7 Å². The number of nitrogens with one attached hydrogen (secondary N) is 1. The summed E-state index contributed by atoms with van der Waals surface area (Å²) >= 11 is 8.01. The van der Waals surface area contributed by atoms with Crippen LogP contribution in [0.3, 0.4) is 0 Å². The monoisotopic (exact) mass is 634 g/mol. The van der Waals surface area contributed by atoms with Crippen molar-refractivity contribution in [3.05, 3.63) is 85.2 Å². The van der Waals surface area contributed by atoms with Crippen molar-refractivity contribution in [3.63, 3.8) is 0 Å². The third-order valence-corrected chi connectivity index (χ3v) is 10.2. The van der Waals surface area contributed by atoms with Gasteiger partial charge in [0.05, 0.1) is 40.3 Å². The molecule has 44 heavy (non-hydrogen) atoms. The summed E-state index contributed by atoms with van der Waals surface area (Å²) in [5, 5.41) is 15.0. The van der Waals surface area contributed by atoms with Crippen LogP contribution in [0.15, 0.2) is 58.4 Å². The number of thiophene rings is 1. The second-order valence-electron chi connectivity index (χ2n) is 11.8. The van der Waals surface area contributed by atoms with E-state index in [1.165, 1.54) is 17.4 Å². The highest BCUT2D eigenvalue weighted by atomic mass is 35.5. The summed E-state index contributed by atoms with van der Waals surface area (Å²) < 4.78 is 31.9. The Bertz CT molecular complexity index is 2060. The topological polar surface area (TPSA) is 97.6 Å². The average Bonchev–Trinajstić information content (AvgIpc) is 3.65. The number of aromatic nitrogens is 4. The highest BCUT2D eigenvalue weighted by molar-refractivity contribution is 7.19. The van der Waals surface area contributed by atoms with Gasteiger partial charge in [-0.3, -0.25) is 18.9 Å². The Morgan fingerprint density at radius 3 is 2.64 bits per heavy atom. The molecule has 1 aliphatic carbocycles. The molecular formula is C32H29ClF2N6O2S. The molecule has 2 aliphatic rings. The van der Waals surface area contributed by atoms with Crippen molar-refractivity contribution in [2.24, 2.45) is 5.41 Å². The highest BCUT2D eigenvalue weighted by Gasteiger charge is 2.33. The minimum absolute atomic E-state index is 0.0221. The van der Waals surface area contributed by atoms with Crippen LogP contribution in [-0.2, 0) is 19.6 Å². The van der Waals surface area contributed by atoms with Gasteiger partial charge in [0.1, 0.15) is 0 Å². The van der Waals surface area contributed by atoms with E-state index in [0.717, 1.165) is 74.6 Å². The molecule has 0 spiro atoms. The molecule has 0 atom stereocenters. The summed E-state index contributed by atoms with van der Waals surface area (Å²) in [6, 6.07) is 13.5. The summed E-state index contributed by atoms with van der Waals surface area (Å²) in [4.78, 5) is 31.6. The maximum Gasteiger partial charge on any atom is 0.331 e. The lowest BCUT2D eigenvalue weighted by molar-refractivity contribution is 0.122. The number of hydrogen-bond donors (Lipinski definition) is 1. The quantitative estimate of drug-likeness (QED) is 0.227. The second-order valence-corrected chi connectivity index (χ2v) is 13.4. The molecule has 0 unspecified atom stereocenters. The first kappa shape index (κ1) is 28.9. The van der Waals surface area contributed by atoms with E-state index in [1.54, 1.807) is 6.20 Å². The molecule has 12 heteroatoms. The molecule has 8 nitrogen and oxygen atoms in total. The number of alkyl halides is 2. The maximum absolute atomic E-state index is 13.4. The lowest BCUT2D eigenvalue weighted by Crippen LogP contribution is -2.42. The molecule has 0 amide bonds. The summed E-state index contributed by atoms with van der Waals surface area (Å²) in [6.45, 7) is 1.36. The van der Waals surface area contributed by atoms with E-state index in [2.05, 4.69) is 20.9 Å². The van der Waals surface area contributed by atoms with Crippen molar-refractivity contribution >= 4 is 44.1 Å². The standard InChI is InChI=1S/C32H29ClF2N6O2S/c33-21-11-20-4-10-39(18-32(17-36)5-8-37-9-6-32)29(20)24(12-21)23-3-7-38-25-13-22(44-30(23)25)15-41-28(42)14-26(19-1-2-19)40(31(41)43)16-27(34)35/h3-4,7,10-14,19,27,37H,1-2,5-6,8-9,15-16,18H2. The van der Waals surface area contributed by atoms with Crippen molar-refractivity contribution in [2.75, 3.05) is 13.1 Å². The Labute approximate surface area is 260 Å². The summed E-state index contributed by atoms with van der Waals surface area (Å²) in [6.07, 6.45) is 4.10. The molecule has 1 N–H and O–H groups in total. The van der Waals surface area contributed by atoms with Gasteiger partial charge in [-0.1, -0.05) is 11.6 Å². The van der Waals surface area contributed by atoms with Gasteiger partial charge in [0.25, 0.3) is 12.0 Å². The van der Waals surface area contributed by atoms with Crippen LogP contribution >= 0.6 is 22.9 Å². The number of fused-ring (bicyclic) bond motifs is 2. The number of nitrogens with zero attached hydrogens (tertiary/aromatic N) is 5. The van der Waals surface area contributed by atoms with Crippen LogP contribution in [0.1, 0.15) is 42.2 Å². The molecule has 5 heterocycles. The predicted octanol–water partition coefficient (Wildman–Crippen LogP) is 5.98. The average molecular weight is 635 g/mol. The fourth-order valence-corrected chi connectivity index (χ4v) is 7.79. The van der Waals surface area contributed by atoms with Gasteiger partial charge in [-0.25, -0.2) is 13.6 Å². The van der Waals surface area contributed by atoms with Crippen LogP contribution in [0, 0.1) is 16.7 Å². The fourth-order valence-electron chi connectivity index (χ4n) is 6.44. The molecule has 226 valence electrons. The van der Waals surface area contributed by atoms with Crippen LogP contribution in [0.5, 0.6) is 0 Å². The lowest BCUT2D eigenvalue weighted by Gasteiger charge is -2.32. The minimum atomic E-state index is -2.71. The van der Waals surface area contributed by atoms with Crippen LogP contribution in [-0.4, -0.2) is 38.2 Å². The molecule has 5 aromatic rings. The first-order chi connectivity index (χ1) is 21.2. The zero-order chi connectivity index (χ0) is 30.6. The van der Waals surface area contributed by atoms with Crippen molar-refractivity contribution in [1.29, 1.82) is 5.26 Å². The number of rotatable bonds is 8. The number of nitriles is 1. The SMILES string of the molecule is N#CC1(Cn2ccc3cc(Cl)cc(-c4ccnc5cc(Cn6c(=O)cc(C7CC7)n(CC(F)F)c6=O)sc45)c32)CCNCC1. The number of piperidine rings is 1. The van der Waals surface area contributed by atoms with Gasteiger partial charge >= 0.3 is 5.69 Å². The second kappa shape index (κ2) is 11.3. The molecule has 1 saturated carbocycles. The van der Waals surface area contributed by atoms with Gasteiger partial charge < -0.3 is 9.88 Å². The molecule has 4 aromatic heterocycles. The van der Waals surface area contributed by atoms with Crippen LogP contribution in [0.4, 0.5) is 8.78 Å². The van der Waals surface area contributed by atoms with E-state index in [9.17, 15) is 23.6 Å². The maximum atomic E-state index is 13.4. The van der Waals surface area contributed by atoms with Crippen LogP contribution < -0.4 is 16.6 Å². The van der Waals surface area contributed by atoms with Gasteiger partial charge in [0, 0.05) is 57.1 Å². The number of pyridine rings is 1. The number of benzene rings is 1. The van der Waals surface area contributed by atoms with Crippen molar-refractivity contribution in [3.8, 4) is 17.2 Å². The number of hydrogen-bond acceptors (Lipinski definition) is 6. The van der Waals surface area contributed by atoms with E-state index in [-0.39, 0.29) is 12.5 Å². The summed E-state index contributed by atoms with van der Waals surface area (Å²) in [7, 11) is 0. The molecule has 1 aliphatic heterocycles. The molecule has 1 saturated heterocycles. The minimum Gasteiger partial charge on any atom is -0.345 e. The molecule has 2 fully saturated rings.